The molecular weight excluding hydrogens is 1040 g/mol. The Balaban J connectivity index is 1.54. The van der Waals surface area contributed by atoms with E-state index in [9.17, 15) is 19.8 Å². The highest BCUT2D eigenvalue weighted by Gasteiger charge is 2.56. The van der Waals surface area contributed by atoms with E-state index >= 15 is 4.79 Å². The fourth-order valence-corrected chi connectivity index (χ4v) is 12.6. The number of methoxy groups -OCH3 is 1. The summed E-state index contributed by atoms with van der Waals surface area (Å²) in [5.41, 5.74) is -3.61. The number of nitrogens with zero attached hydrogens (tertiary/aromatic N) is 2. The molecule has 4 fully saturated rings. The first-order valence-corrected chi connectivity index (χ1v) is 29.2. The van der Waals surface area contributed by atoms with Gasteiger partial charge in [-0.2, -0.15) is 0 Å². The van der Waals surface area contributed by atoms with Crippen LogP contribution in [0.4, 0.5) is 0 Å². The van der Waals surface area contributed by atoms with Gasteiger partial charge in [-0.1, -0.05) is 81.6 Å². The van der Waals surface area contributed by atoms with Crippen LogP contribution < -0.4 is 0 Å². The van der Waals surface area contributed by atoms with Crippen molar-refractivity contribution in [1.29, 1.82) is 0 Å². The van der Waals surface area contributed by atoms with Crippen molar-refractivity contribution < 1.29 is 76.8 Å². The Morgan fingerprint density at radius 1 is 0.827 bits per heavy atom. The van der Waals surface area contributed by atoms with E-state index in [1.807, 2.05) is 79.6 Å². The van der Waals surface area contributed by atoms with Gasteiger partial charge >= 0.3 is 17.9 Å². The van der Waals surface area contributed by atoms with Gasteiger partial charge in [0.25, 0.3) is 0 Å². The van der Waals surface area contributed by atoms with Gasteiger partial charge in [0.15, 0.2) is 24.8 Å². The third-order valence-electron chi connectivity index (χ3n) is 17.1. The van der Waals surface area contributed by atoms with Crippen LogP contribution in [0.5, 0.6) is 0 Å². The van der Waals surface area contributed by atoms with Gasteiger partial charge in [-0.15, -0.1) is 6.42 Å². The van der Waals surface area contributed by atoms with E-state index in [4.69, 9.17) is 63.8 Å². The van der Waals surface area contributed by atoms with Crippen LogP contribution in [0.3, 0.4) is 0 Å². The lowest BCUT2D eigenvalue weighted by molar-refractivity contribution is -0.319. The summed E-state index contributed by atoms with van der Waals surface area (Å²) in [6.07, 6.45) is -0.0404. The summed E-state index contributed by atoms with van der Waals surface area (Å²) in [7, 11) is 5.33. The standard InChI is InChI=1S/C63H94N2O16/c1-17-34-72-61(12)36-39(5)50(64-81-63(80-38(3)4)32-26-21-27-33-63)41(7)53(66)62(13,70)48(18-2)75-56(67)43(9)51(76-49-37-60(11,71-16)55(44(10)74-49)78-58(69)46-30-24-20-25-31-46)42(8)54(61)79-59-52(47(65(14)15)35-40(6)73-59)77-57(68)45-28-22-19-23-29-45/h1,19-20,22-25,28-31,38-44,47-49,51-55,59,66,70H,18,21,26-27,32-37H2,2-16H3/b64-50+/t39-,40-,41-,42+,43-,44+,47+,48+,49+,51-,52-,53-,54-,55+,59+,60-,61+,62-/m1/s1. The van der Waals surface area contributed by atoms with Crippen LogP contribution in [0, 0.1) is 36.0 Å². The Morgan fingerprint density at radius 3 is 1.99 bits per heavy atom. The minimum absolute atomic E-state index is 0.0302. The number of esters is 3. The van der Waals surface area contributed by atoms with Gasteiger partial charge in [0.05, 0.1) is 71.0 Å². The Bertz CT molecular complexity index is 2410. The molecule has 0 radical (unpaired) electrons. The molecule has 0 unspecified atom stereocenters. The van der Waals surface area contributed by atoms with Crippen LogP contribution in [0.15, 0.2) is 65.8 Å². The van der Waals surface area contributed by atoms with Crippen LogP contribution >= 0.6 is 0 Å². The summed E-state index contributed by atoms with van der Waals surface area (Å²) in [5, 5.41) is 30.0. The van der Waals surface area contributed by atoms with Crippen LogP contribution in [0.25, 0.3) is 0 Å². The van der Waals surface area contributed by atoms with Crippen LogP contribution in [0.1, 0.15) is 162 Å². The smallest absolute Gasteiger partial charge is 0.338 e. The number of terminal acetylenes is 1. The molecule has 18 heteroatoms. The molecular formula is C63H94N2O16. The maximum atomic E-state index is 15.1. The number of rotatable bonds is 17. The number of benzene rings is 2. The van der Waals surface area contributed by atoms with E-state index in [0.717, 1.165) is 19.3 Å². The predicted octanol–water partition coefficient (Wildman–Crippen LogP) is 9.06. The Hall–Kier alpha value is -4.52. The molecule has 81 heavy (non-hydrogen) atoms. The van der Waals surface area contributed by atoms with Crippen molar-refractivity contribution >= 4 is 23.6 Å². The zero-order chi connectivity index (χ0) is 59.6. The van der Waals surface area contributed by atoms with Gasteiger partial charge in [-0.25, -0.2) is 9.59 Å². The molecule has 3 saturated heterocycles. The Kier molecular flexibility index (Phi) is 23.0. The van der Waals surface area contributed by atoms with Crippen LogP contribution in [0.2, 0.25) is 0 Å². The summed E-state index contributed by atoms with van der Waals surface area (Å²) in [6, 6.07) is 16.9. The molecule has 6 rings (SSSR count). The van der Waals surface area contributed by atoms with Crippen molar-refractivity contribution in [3.05, 3.63) is 71.8 Å². The van der Waals surface area contributed by atoms with E-state index in [1.54, 1.807) is 76.2 Å². The highest BCUT2D eigenvalue weighted by Crippen LogP contribution is 2.44. The lowest BCUT2D eigenvalue weighted by Crippen LogP contribution is -2.62. The van der Waals surface area contributed by atoms with Gasteiger partial charge in [-0.05, 0) is 126 Å². The highest BCUT2D eigenvalue weighted by atomic mass is 16.8. The van der Waals surface area contributed by atoms with Crippen molar-refractivity contribution in [3.8, 4) is 12.3 Å². The molecule has 3 aliphatic heterocycles. The minimum atomic E-state index is -2.03. The van der Waals surface area contributed by atoms with Crippen LogP contribution in [-0.4, -0.2) is 163 Å². The number of hydrogen-bond donors (Lipinski definition) is 2. The second-order valence-electron chi connectivity index (χ2n) is 24.3. The average Bonchev–Trinajstić information content (AvgIpc) is 3.43. The number of oxime groups is 1. The largest absolute Gasteiger partial charge is 0.459 e. The summed E-state index contributed by atoms with van der Waals surface area (Å²) in [5.74, 6) is -3.86. The van der Waals surface area contributed by atoms with Crippen molar-refractivity contribution in [2.75, 3.05) is 27.8 Å². The lowest BCUT2D eigenvalue weighted by Gasteiger charge is -2.50. The quantitative estimate of drug-likeness (QED) is 0.0498. The third kappa shape index (κ3) is 15.8. The second kappa shape index (κ2) is 28.4. The molecule has 2 N–H and O–H groups in total. The minimum Gasteiger partial charge on any atom is -0.459 e. The molecule has 452 valence electrons. The molecule has 18 atom stereocenters. The normalized spacial score (nSPS) is 37.6. The Labute approximate surface area is 481 Å². The number of likely N-dealkylation sites (N-methyl/N-ethyl adjacent to an activating group) is 1. The van der Waals surface area contributed by atoms with Gasteiger partial charge in [0.1, 0.15) is 23.9 Å². The molecule has 0 amide bonds. The van der Waals surface area contributed by atoms with Crippen molar-refractivity contribution in [1.82, 2.24) is 4.90 Å². The maximum absolute atomic E-state index is 15.1. The molecule has 2 aromatic rings. The SMILES string of the molecule is C#CCO[C@@]1(C)C[C@@H](C)/C(=N\OC2(OC(C)C)CCCCC2)[C@@H](C)[C@@H](O)[C@](C)(O)[C@H](CC)OC(=O)[C@H](C)[C@H](O[C@H]2C[C@@](C)(OC)[C@@H](OC(=O)c3ccccc3)[C@H](C)O2)[C@H](C)[C@H]1O[C@@H]1O[C@H](C)C[C@H](N(C)C)[C@H]1OC(=O)c1ccccc1. The third-order valence-corrected chi connectivity index (χ3v) is 17.1. The van der Waals surface area contributed by atoms with E-state index in [0.29, 0.717) is 36.1 Å². The molecule has 1 aliphatic carbocycles. The van der Waals surface area contributed by atoms with Gasteiger partial charge in [0.2, 0.25) is 5.79 Å². The number of aliphatic hydroxyl groups excluding tert-OH is 1. The molecule has 3 heterocycles. The van der Waals surface area contributed by atoms with Crippen molar-refractivity contribution in [2.45, 2.75) is 237 Å². The lowest BCUT2D eigenvalue weighted by atomic mass is 9.73. The van der Waals surface area contributed by atoms with Crippen LogP contribution in [-0.2, 0) is 57.0 Å². The number of ether oxygens (including phenoxy) is 10. The summed E-state index contributed by atoms with van der Waals surface area (Å²) in [6.45, 7) is 21.5. The number of hydrogen-bond acceptors (Lipinski definition) is 18. The maximum Gasteiger partial charge on any atom is 0.338 e. The van der Waals surface area contributed by atoms with Crippen molar-refractivity contribution in [2.24, 2.45) is 28.8 Å². The summed E-state index contributed by atoms with van der Waals surface area (Å²) in [4.78, 5) is 51.5. The number of cyclic esters (lactones) is 1. The molecule has 1 saturated carbocycles. The Morgan fingerprint density at radius 2 is 1.43 bits per heavy atom. The van der Waals surface area contributed by atoms with Gasteiger partial charge in [-0.3, -0.25) is 4.79 Å². The first kappa shape index (κ1) is 65.6. The molecule has 18 nitrogen and oxygen atoms in total. The number of carbonyl (C=O) groups excluding carboxylic acids is 3. The van der Waals surface area contributed by atoms with E-state index in [1.165, 1.54) is 14.0 Å². The number of carbonyl (C=O) groups is 3. The summed E-state index contributed by atoms with van der Waals surface area (Å²) >= 11 is 0. The zero-order valence-corrected chi connectivity index (χ0v) is 50.7. The van der Waals surface area contributed by atoms with E-state index < -0.39 is 132 Å². The fourth-order valence-electron chi connectivity index (χ4n) is 12.6. The molecule has 0 bridgehead atoms. The molecule has 2 aromatic carbocycles. The second-order valence-corrected chi connectivity index (χ2v) is 24.3. The zero-order valence-electron chi connectivity index (χ0n) is 50.7. The predicted molar refractivity (Wildman–Crippen MR) is 304 cm³/mol. The summed E-state index contributed by atoms with van der Waals surface area (Å²) < 4.78 is 66.6. The van der Waals surface area contributed by atoms with Gasteiger partial charge < -0.3 is 67.3 Å². The topological polar surface area (TPSA) is 209 Å². The monoisotopic (exact) mass is 1130 g/mol. The number of aliphatic hydroxyl groups is 2. The first-order chi connectivity index (χ1) is 38.2. The van der Waals surface area contributed by atoms with Gasteiger partial charge in [0, 0.05) is 44.1 Å². The van der Waals surface area contributed by atoms with Crippen molar-refractivity contribution in [3.63, 3.8) is 0 Å². The molecule has 0 aromatic heterocycles. The van der Waals surface area contributed by atoms with E-state index in [2.05, 4.69) is 5.92 Å². The fraction of sp³-hybridized carbons (Fsp3) is 0.714. The molecule has 0 spiro atoms. The average molecular weight is 1140 g/mol. The first-order valence-electron chi connectivity index (χ1n) is 29.2. The van der Waals surface area contributed by atoms with E-state index in [-0.39, 0.29) is 32.0 Å². The highest BCUT2D eigenvalue weighted by molar-refractivity contribution is 5.90. The molecule has 4 aliphatic rings.